The Morgan fingerprint density at radius 1 is 1.14 bits per heavy atom. The van der Waals surface area contributed by atoms with E-state index in [9.17, 15) is 0 Å². The van der Waals surface area contributed by atoms with Crippen LogP contribution in [0.1, 0.15) is 11.6 Å². The summed E-state index contributed by atoms with van der Waals surface area (Å²) >= 11 is 5.92. The molecule has 1 heterocycles. The standard InChI is InChI=1S/C10H13NS3/c11-9(8-4-2-1-3-5-8)10-13-6-12-7-14-10/h1-5,9-10H,6-7,11H2. The van der Waals surface area contributed by atoms with Crippen molar-refractivity contribution < 1.29 is 0 Å². The largest absolute Gasteiger partial charge is 0.322 e. The predicted molar refractivity (Wildman–Crippen MR) is 69.7 cm³/mol. The molecule has 76 valence electrons. The minimum atomic E-state index is 0.173. The van der Waals surface area contributed by atoms with Gasteiger partial charge in [0.2, 0.25) is 0 Å². The highest BCUT2D eigenvalue weighted by molar-refractivity contribution is 8.32. The molecule has 2 rings (SSSR count). The molecule has 1 fully saturated rings. The summed E-state index contributed by atoms with van der Waals surface area (Å²) in [6.45, 7) is 0. The van der Waals surface area contributed by atoms with Crippen molar-refractivity contribution in [3.63, 3.8) is 0 Å². The number of nitrogens with two attached hydrogens (primary N) is 1. The van der Waals surface area contributed by atoms with Crippen molar-refractivity contribution in [2.75, 3.05) is 10.2 Å². The van der Waals surface area contributed by atoms with Gasteiger partial charge in [0, 0.05) is 10.2 Å². The molecule has 1 unspecified atom stereocenters. The Bertz CT molecular complexity index is 272. The number of hydrogen-bond donors (Lipinski definition) is 1. The van der Waals surface area contributed by atoms with Crippen LogP contribution >= 0.6 is 35.3 Å². The molecule has 1 aliphatic rings. The van der Waals surface area contributed by atoms with Crippen LogP contribution in [0.2, 0.25) is 0 Å². The van der Waals surface area contributed by atoms with Crippen molar-refractivity contribution >= 4 is 35.3 Å². The zero-order chi connectivity index (χ0) is 9.80. The molecule has 2 N–H and O–H groups in total. The third-order valence-electron chi connectivity index (χ3n) is 2.11. The van der Waals surface area contributed by atoms with Crippen LogP contribution < -0.4 is 5.73 Å². The summed E-state index contributed by atoms with van der Waals surface area (Å²) in [6.07, 6.45) is 0. The first-order chi connectivity index (χ1) is 6.88. The Labute approximate surface area is 97.6 Å². The summed E-state index contributed by atoms with van der Waals surface area (Å²) in [5.74, 6) is 0. The van der Waals surface area contributed by atoms with Crippen LogP contribution in [0.3, 0.4) is 0 Å². The van der Waals surface area contributed by atoms with Gasteiger partial charge in [0.15, 0.2) is 0 Å². The zero-order valence-electron chi connectivity index (χ0n) is 7.76. The van der Waals surface area contributed by atoms with E-state index in [0.717, 1.165) is 0 Å². The molecule has 0 amide bonds. The number of rotatable bonds is 2. The fourth-order valence-corrected chi connectivity index (χ4v) is 6.19. The smallest absolute Gasteiger partial charge is 0.0711 e. The van der Waals surface area contributed by atoms with E-state index in [2.05, 4.69) is 24.3 Å². The van der Waals surface area contributed by atoms with Crippen molar-refractivity contribution in [3.8, 4) is 0 Å². The Hall–Kier alpha value is 0.230. The van der Waals surface area contributed by atoms with Crippen molar-refractivity contribution in [2.24, 2.45) is 5.73 Å². The highest BCUT2D eigenvalue weighted by Gasteiger charge is 2.22. The molecule has 1 aliphatic heterocycles. The quantitative estimate of drug-likeness (QED) is 0.863. The van der Waals surface area contributed by atoms with E-state index in [4.69, 9.17) is 5.73 Å². The van der Waals surface area contributed by atoms with Crippen molar-refractivity contribution in [1.82, 2.24) is 0 Å². The molecule has 1 nitrogen and oxygen atoms in total. The SMILES string of the molecule is NC(c1ccccc1)C1SCSCS1. The summed E-state index contributed by atoms with van der Waals surface area (Å²) in [5, 5.41) is 2.36. The first-order valence-corrected chi connectivity index (χ1v) is 7.74. The van der Waals surface area contributed by atoms with Gasteiger partial charge in [-0.1, -0.05) is 30.3 Å². The maximum absolute atomic E-state index is 6.22. The summed E-state index contributed by atoms with van der Waals surface area (Å²) in [7, 11) is 0. The first-order valence-electron chi connectivity index (χ1n) is 4.49. The molecule has 1 atom stereocenters. The van der Waals surface area contributed by atoms with Crippen LogP contribution in [0.5, 0.6) is 0 Å². The molecule has 1 aromatic carbocycles. The van der Waals surface area contributed by atoms with Gasteiger partial charge in [0.25, 0.3) is 0 Å². The number of thioether (sulfide) groups is 3. The summed E-state index contributed by atoms with van der Waals surface area (Å²) in [4.78, 5) is 0. The topological polar surface area (TPSA) is 26.0 Å². The molecular formula is C10H13NS3. The van der Waals surface area contributed by atoms with Crippen LogP contribution in [-0.4, -0.2) is 14.8 Å². The third-order valence-corrected chi connectivity index (χ3v) is 6.59. The molecule has 14 heavy (non-hydrogen) atoms. The van der Waals surface area contributed by atoms with Crippen LogP contribution in [0.15, 0.2) is 30.3 Å². The van der Waals surface area contributed by atoms with E-state index >= 15 is 0 Å². The van der Waals surface area contributed by atoms with Crippen LogP contribution in [-0.2, 0) is 0 Å². The lowest BCUT2D eigenvalue weighted by molar-refractivity contribution is 0.802. The highest BCUT2D eigenvalue weighted by Crippen LogP contribution is 2.41. The van der Waals surface area contributed by atoms with Gasteiger partial charge in [-0.25, -0.2) is 0 Å². The number of benzene rings is 1. The summed E-state index contributed by atoms with van der Waals surface area (Å²) in [6, 6.07) is 10.6. The molecule has 0 aromatic heterocycles. The molecular weight excluding hydrogens is 230 g/mol. The van der Waals surface area contributed by atoms with Crippen molar-refractivity contribution in [1.29, 1.82) is 0 Å². The number of hydrogen-bond acceptors (Lipinski definition) is 4. The van der Waals surface area contributed by atoms with Crippen LogP contribution in [0.25, 0.3) is 0 Å². The second kappa shape index (κ2) is 5.35. The monoisotopic (exact) mass is 243 g/mol. The molecule has 0 aliphatic carbocycles. The lowest BCUT2D eigenvalue weighted by Crippen LogP contribution is -2.22. The average molecular weight is 243 g/mol. The molecule has 1 saturated heterocycles. The predicted octanol–water partition coefficient (Wildman–Crippen LogP) is 3.14. The fraction of sp³-hybridized carbons (Fsp3) is 0.400. The van der Waals surface area contributed by atoms with Gasteiger partial charge in [0.1, 0.15) is 0 Å². The third kappa shape index (κ3) is 2.63. The van der Waals surface area contributed by atoms with E-state index in [1.54, 1.807) is 0 Å². The van der Waals surface area contributed by atoms with Gasteiger partial charge in [-0.3, -0.25) is 0 Å². The van der Waals surface area contributed by atoms with Gasteiger partial charge < -0.3 is 5.73 Å². The maximum Gasteiger partial charge on any atom is 0.0711 e. The Balaban J connectivity index is 2.03. The van der Waals surface area contributed by atoms with Gasteiger partial charge in [-0.15, -0.1) is 35.3 Å². The highest BCUT2D eigenvalue weighted by atomic mass is 32.3. The molecule has 0 spiro atoms. The minimum Gasteiger partial charge on any atom is -0.322 e. The van der Waals surface area contributed by atoms with E-state index < -0.39 is 0 Å². The minimum absolute atomic E-state index is 0.173. The Morgan fingerprint density at radius 2 is 1.79 bits per heavy atom. The molecule has 0 saturated carbocycles. The Kier molecular flexibility index (Phi) is 4.10. The lowest BCUT2D eigenvalue weighted by Gasteiger charge is -2.26. The van der Waals surface area contributed by atoms with Gasteiger partial charge in [-0.05, 0) is 5.56 Å². The van der Waals surface area contributed by atoms with Crippen molar-refractivity contribution in [2.45, 2.75) is 10.6 Å². The molecule has 1 aromatic rings. The van der Waals surface area contributed by atoms with Crippen LogP contribution in [0, 0.1) is 0 Å². The zero-order valence-corrected chi connectivity index (χ0v) is 10.2. The lowest BCUT2D eigenvalue weighted by atomic mass is 10.1. The molecule has 4 heteroatoms. The van der Waals surface area contributed by atoms with Crippen molar-refractivity contribution in [3.05, 3.63) is 35.9 Å². The summed E-state index contributed by atoms with van der Waals surface area (Å²) < 4.78 is 0.527. The molecule has 0 bridgehead atoms. The van der Waals surface area contributed by atoms with Gasteiger partial charge in [-0.2, -0.15) is 0 Å². The van der Waals surface area contributed by atoms with Crippen LogP contribution in [0.4, 0.5) is 0 Å². The van der Waals surface area contributed by atoms with E-state index in [1.165, 1.54) is 15.7 Å². The second-order valence-corrected chi connectivity index (χ2v) is 7.35. The Morgan fingerprint density at radius 3 is 2.43 bits per heavy atom. The first kappa shape index (κ1) is 10.7. The van der Waals surface area contributed by atoms with E-state index in [0.29, 0.717) is 4.58 Å². The maximum atomic E-state index is 6.22. The molecule has 0 radical (unpaired) electrons. The van der Waals surface area contributed by atoms with Gasteiger partial charge in [0.05, 0.1) is 10.6 Å². The van der Waals surface area contributed by atoms with E-state index in [-0.39, 0.29) is 6.04 Å². The normalized spacial score (nSPS) is 20.6. The van der Waals surface area contributed by atoms with E-state index in [1.807, 2.05) is 41.4 Å². The second-order valence-electron chi connectivity index (χ2n) is 3.08. The average Bonchev–Trinajstić information content (AvgIpc) is 2.30. The van der Waals surface area contributed by atoms with Gasteiger partial charge >= 0.3 is 0 Å². The fourth-order valence-electron chi connectivity index (χ4n) is 1.35. The summed E-state index contributed by atoms with van der Waals surface area (Å²) in [5.41, 5.74) is 7.47.